The van der Waals surface area contributed by atoms with Crippen molar-refractivity contribution in [1.29, 1.82) is 0 Å². The van der Waals surface area contributed by atoms with Gasteiger partial charge in [-0.15, -0.1) is 0 Å². The van der Waals surface area contributed by atoms with Crippen LogP contribution in [0.2, 0.25) is 0 Å². The zero-order valence-corrected chi connectivity index (χ0v) is 11.9. The topological polar surface area (TPSA) is 72.8 Å². The summed E-state index contributed by atoms with van der Waals surface area (Å²) in [4.78, 5) is 17.6. The van der Waals surface area contributed by atoms with Crippen molar-refractivity contribution in [2.45, 2.75) is 6.61 Å². The van der Waals surface area contributed by atoms with Crippen LogP contribution in [0.4, 0.5) is 5.82 Å². The molecule has 1 aromatic carbocycles. The number of fused-ring (bicyclic) bond motifs is 1. The molecule has 106 valence electrons. The number of ether oxygens (including phenoxy) is 1. The van der Waals surface area contributed by atoms with Crippen LogP contribution in [0, 0.1) is 0 Å². The largest absolute Gasteiger partial charge is 0.378 e. The van der Waals surface area contributed by atoms with E-state index in [9.17, 15) is 0 Å². The van der Waals surface area contributed by atoms with E-state index in [1.54, 1.807) is 19.5 Å². The first kappa shape index (κ1) is 13.4. The fraction of sp³-hybridized carbons (Fsp3) is 0.200. The number of hydrogen-bond acceptors (Lipinski definition) is 6. The molecule has 6 heteroatoms. The molecule has 0 saturated heterocycles. The van der Waals surface area contributed by atoms with Crippen molar-refractivity contribution in [1.82, 2.24) is 19.9 Å². The van der Waals surface area contributed by atoms with Gasteiger partial charge < -0.3 is 10.1 Å². The van der Waals surface area contributed by atoms with E-state index < -0.39 is 0 Å². The van der Waals surface area contributed by atoms with E-state index in [1.807, 2.05) is 31.3 Å². The summed E-state index contributed by atoms with van der Waals surface area (Å²) in [6.45, 7) is 0.442. The third-order valence-corrected chi connectivity index (χ3v) is 3.06. The van der Waals surface area contributed by atoms with Gasteiger partial charge in [0.1, 0.15) is 5.82 Å². The van der Waals surface area contributed by atoms with Crippen molar-refractivity contribution in [3.63, 3.8) is 0 Å². The summed E-state index contributed by atoms with van der Waals surface area (Å²) in [6, 6.07) is 7.67. The monoisotopic (exact) mass is 281 g/mol. The Balaban J connectivity index is 2.10. The molecule has 3 aromatic rings. The van der Waals surface area contributed by atoms with Crippen LogP contribution >= 0.6 is 0 Å². The molecule has 0 bridgehead atoms. The average molecular weight is 281 g/mol. The molecular formula is C15H15N5O. The van der Waals surface area contributed by atoms with E-state index >= 15 is 0 Å². The predicted octanol–water partition coefficient (Wildman–Crippen LogP) is 2.27. The lowest BCUT2D eigenvalue weighted by Gasteiger charge is -2.08. The molecule has 0 radical (unpaired) electrons. The van der Waals surface area contributed by atoms with Crippen molar-refractivity contribution in [3.8, 4) is 11.4 Å². The summed E-state index contributed by atoms with van der Waals surface area (Å²) in [5.41, 5.74) is 3.40. The van der Waals surface area contributed by atoms with Crippen LogP contribution in [0.3, 0.4) is 0 Å². The Kier molecular flexibility index (Phi) is 3.70. The Morgan fingerprint density at radius 2 is 1.86 bits per heavy atom. The van der Waals surface area contributed by atoms with Gasteiger partial charge in [-0.1, -0.05) is 0 Å². The second kappa shape index (κ2) is 5.80. The first-order valence-corrected chi connectivity index (χ1v) is 6.56. The molecule has 1 N–H and O–H groups in total. The van der Waals surface area contributed by atoms with Crippen molar-refractivity contribution in [2.24, 2.45) is 0 Å². The van der Waals surface area contributed by atoms with Gasteiger partial charge in [-0.05, 0) is 18.2 Å². The normalized spacial score (nSPS) is 10.8. The Hall–Kier alpha value is -2.60. The molecule has 0 atom stereocenters. The van der Waals surface area contributed by atoms with Crippen LogP contribution in [0.15, 0.2) is 36.7 Å². The van der Waals surface area contributed by atoms with Crippen LogP contribution < -0.4 is 5.32 Å². The number of aromatic nitrogens is 4. The van der Waals surface area contributed by atoms with E-state index in [4.69, 9.17) is 4.74 Å². The zero-order chi connectivity index (χ0) is 14.7. The van der Waals surface area contributed by atoms with Crippen LogP contribution in [0.25, 0.3) is 22.4 Å². The fourth-order valence-corrected chi connectivity index (χ4v) is 2.08. The first-order chi connectivity index (χ1) is 10.3. The summed E-state index contributed by atoms with van der Waals surface area (Å²) in [6.07, 6.45) is 3.35. The summed E-state index contributed by atoms with van der Waals surface area (Å²) in [5, 5.41) is 3.04. The first-order valence-electron chi connectivity index (χ1n) is 6.56. The van der Waals surface area contributed by atoms with Crippen LogP contribution in [-0.2, 0) is 11.3 Å². The van der Waals surface area contributed by atoms with Crippen molar-refractivity contribution in [2.75, 3.05) is 19.5 Å². The number of nitrogens with one attached hydrogen (secondary N) is 1. The Morgan fingerprint density at radius 1 is 1.05 bits per heavy atom. The Morgan fingerprint density at radius 3 is 2.62 bits per heavy atom. The number of nitrogens with zero attached hydrogens (tertiary/aromatic N) is 4. The minimum Gasteiger partial charge on any atom is -0.378 e. The maximum absolute atomic E-state index is 5.15. The second-order valence-corrected chi connectivity index (χ2v) is 4.51. The minimum absolute atomic E-state index is 0.442. The minimum atomic E-state index is 0.442. The Bertz CT molecular complexity index is 775. The van der Waals surface area contributed by atoms with Crippen LogP contribution in [-0.4, -0.2) is 34.1 Å². The molecule has 3 rings (SSSR count). The predicted molar refractivity (Wildman–Crippen MR) is 80.8 cm³/mol. The van der Waals surface area contributed by atoms with E-state index in [-0.39, 0.29) is 0 Å². The lowest BCUT2D eigenvalue weighted by Crippen LogP contribution is -2.02. The van der Waals surface area contributed by atoms with Gasteiger partial charge in [0.15, 0.2) is 5.82 Å². The molecule has 0 spiro atoms. The van der Waals surface area contributed by atoms with Crippen molar-refractivity contribution in [3.05, 3.63) is 42.4 Å². The number of benzene rings is 1. The highest BCUT2D eigenvalue weighted by molar-refractivity contribution is 5.79. The highest BCUT2D eigenvalue weighted by Crippen LogP contribution is 2.21. The SMILES string of the molecule is CNc1cc(COC)nc(-c2ccc3nccnc3c2)n1. The zero-order valence-electron chi connectivity index (χ0n) is 11.9. The summed E-state index contributed by atoms with van der Waals surface area (Å²) < 4.78 is 5.15. The average Bonchev–Trinajstić information content (AvgIpc) is 2.54. The van der Waals surface area contributed by atoms with Crippen LogP contribution in [0.5, 0.6) is 0 Å². The van der Waals surface area contributed by atoms with E-state index in [0.717, 1.165) is 28.1 Å². The molecule has 6 nitrogen and oxygen atoms in total. The van der Waals surface area contributed by atoms with Gasteiger partial charge in [-0.25, -0.2) is 9.97 Å². The highest BCUT2D eigenvalue weighted by Gasteiger charge is 2.08. The maximum atomic E-state index is 5.15. The third-order valence-electron chi connectivity index (χ3n) is 3.06. The summed E-state index contributed by atoms with van der Waals surface area (Å²) >= 11 is 0. The molecule has 2 heterocycles. The molecule has 0 unspecified atom stereocenters. The number of rotatable bonds is 4. The second-order valence-electron chi connectivity index (χ2n) is 4.51. The number of methoxy groups -OCH3 is 1. The van der Waals surface area contributed by atoms with Crippen molar-refractivity contribution >= 4 is 16.9 Å². The van der Waals surface area contributed by atoms with E-state index in [2.05, 4.69) is 25.3 Å². The summed E-state index contributed by atoms with van der Waals surface area (Å²) in [5.74, 6) is 1.40. The molecule has 0 aliphatic carbocycles. The Labute approximate surface area is 122 Å². The quantitative estimate of drug-likeness (QED) is 0.791. The molecular weight excluding hydrogens is 266 g/mol. The van der Waals surface area contributed by atoms with Crippen molar-refractivity contribution < 1.29 is 4.74 Å². The lowest BCUT2D eigenvalue weighted by molar-refractivity contribution is 0.181. The smallest absolute Gasteiger partial charge is 0.161 e. The van der Waals surface area contributed by atoms with Gasteiger partial charge in [0, 0.05) is 38.2 Å². The van der Waals surface area contributed by atoms with Gasteiger partial charge in [0.05, 0.1) is 23.3 Å². The van der Waals surface area contributed by atoms with Crippen LogP contribution in [0.1, 0.15) is 5.69 Å². The maximum Gasteiger partial charge on any atom is 0.161 e. The summed E-state index contributed by atoms with van der Waals surface area (Å²) in [7, 11) is 3.47. The fourth-order valence-electron chi connectivity index (χ4n) is 2.08. The number of anilines is 1. The van der Waals surface area contributed by atoms with Gasteiger partial charge in [-0.2, -0.15) is 0 Å². The molecule has 0 amide bonds. The van der Waals surface area contributed by atoms with Gasteiger partial charge in [-0.3, -0.25) is 9.97 Å². The van der Waals surface area contributed by atoms with E-state index in [0.29, 0.717) is 12.4 Å². The molecule has 0 saturated carbocycles. The van der Waals surface area contributed by atoms with Gasteiger partial charge in [0.25, 0.3) is 0 Å². The van der Waals surface area contributed by atoms with Gasteiger partial charge in [0.2, 0.25) is 0 Å². The van der Waals surface area contributed by atoms with Gasteiger partial charge >= 0.3 is 0 Å². The van der Waals surface area contributed by atoms with E-state index in [1.165, 1.54) is 0 Å². The molecule has 2 aromatic heterocycles. The molecule has 0 aliphatic heterocycles. The molecule has 0 fully saturated rings. The number of hydrogen-bond donors (Lipinski definition) is 1. The third kappa shape index (κ3) is 2.80. The molecule has 21 heavy (non-hydrogen) atoms. The molecule has 0 aliphatic rings. The lowest BCUT2D eigenvalue weighted by atomic mass is 10.1. The standard InChI is InChI=1S/C15H15N5O/c1-16-14-8-11(9-21-2)19-15(20-14)10-3-4-12-13(7-10)18-6-5-17-12/h3-8H,9H2,1-2H3,(H,16,19,20). The highest BCUT2D eigenvalue weighted by atomic mass is 16.5.